The van der Waals surface area contributed by atoms with Gasteiger partial charge in [0.25, 0.3) is 0 Å². The summed E-state index contributed by atoms with van der Waals surface area (Å²) in [6, 6.07) is 11.9. The van der Waals surface area contributed by atoms with E-state index in [1.807, 2.05) is 0 Å². The highest BCUT2D eigenvalue weighted by Crippen LogP contribution is 2.43. The summed E-state index contributed by atoms with van der Waals surface area (Å²) >= 11 is 0. The fraction of sp³-hybridized carbons (Fsp3) is 0.208. The van der Waals surface area contributed by atoms with Crippen LogP contribution in [0, 0.1) is 0 Å². The Morgan fingerprint density at radius 1 is 1.06 bits per heavy atom. The van der Waals surface area contributed by atoms with Crippen molar-refractivity contribution in [1.29, 1.82) is 0 Å². The van der Waals surface area contributed by atoms with E-state index in [0.29, 0.717) is 28.4 Å². The molecule has 33 heavy (non-hydrogen) atoms. The smallest absolute Gasteiger partial charge is 0.339 e. The predicted molar refractivity (Wildman–Crippen MR) is 119 cm³/mol. The molecule has 1 aliphatic heterocycles. The summed E-state index contributed by atoms with van der Waals surface area (Å²) in [5.74, 6) is -1.34. The maximum absolute atomic E-state index is 12.5. The fourth-order valence-corrected chi connectivity index (χ4v) is 4.06. The third kappa shape index (κ3) is 3.89. The van der Waals surface area contributed by atoms with E-state index >= 15 is 0 Å². The van der Waals surface area contributed by atoms with Gasteiger partial charge in [-0.3, -0.25) is 4.79 Å². The van der Waals surface area contributed by atoms with Gasteiger partial charge in [-0.25, -0.2) is 9.59 Å². The van der Waals surface area contributed by atoms with Gasteiger partial charge in [0.2, 0.25) is 5.91 Å². The van der Waals surface area contributed by atoms with Crippen LogP contribution in [-0.4, -0.2) is 48.8 Å². The van der Waals surface area contributed by atoms with Crippen molar-refractivity contribution in [2.45, 2.75) is 12.3 Å². The number of esters is 1. The zero-order chi connectivity index (χ0) is 23.7. The lowest BCUT2D eigenvalue weighted by molar-refractivity contribution is -0.116. The topological polar surface area (TPSA) is 116 Å². The monoisotopic (exact) mass is 450 g/mol. The number of aromatic nitrogens is 1. The maximum Gasteiger partial charge on any atom is 0.339 e. The molecule has 4 rings (SSSR count). The molecule has 0 saturated heterocycles. The van der Waals surface area contributed by atoms with Crippen LogP contribution in [0.5, 0.6) is 11.5 Å². The molecule has 1 aliphatic rings. The van der Waals surface area contributed by atoms with E-state index < -0.39 is 17.9 Å². The second-order valence-corrected chi connectivity index (χ2v) is 7.43. The van der Waals surface area contributed by atoms with E-state index in [1.165, 1.54) is 27.5 Å². The first-order chi connectivity index (χ1) is 15.9. The van der Waals surface area contributed by atoms with Gasteiger partial charge < -0.3 is 29.2 Å². The van der Waals surface area contributed by atoms with E-state index in [0.717, 1.165) is 5.56 Å². The van der Waals surface area contributed by atoms with Gasteiger partial charge in [-0.15, -0.1) is 0 Å². The molecule has 0 radical (unpaired) electrons. The number of carboxylic acid groups (broad SMARTS) is 1. The zero-order valence-electron chi connectivity index (χ0n) is 18.2. The highest BCUT2D eigenvalue weighted by molar-refractivity contribution is 6.04. The van der Waals surface area contributed by atoms with Crippen LogP contribution in [0.3, 0.4) is 0 Å². The zero-order valence-corrected chi connectivity index (χ0v) is 18.2. The van der Waals surface area contributed by atoms with Gasteiger partial charge in [-0.05, 0) is 29.8 Å². The Bertz CT molecular complexity index is 1240. The Hall–Kier alpha value is -4.27. The van der Waals surface area contributed by atoms with Gasteiger partial charge in [0.05, 0.1) is 44.0 Å². The number of methoxy groups -OCH3 is 3. The molecule has 1 amide bonds. The summed E-state index contributed by atoms with van der Waals surface area (Å²) in [4.78, 5) is 36.3. The summed E-state index contributed by atoms with van der Waals surface area (Å²) in [6.07, 6.45) is 1.57. The number of nitrogens with one attached hydrogen (secondary N) is 1. The quantitative estimate of drug-likeness (QED) is 0.553. The number of benzene rings is 2. The molecule has 1 atom stereocenters. The van der Waals surface area contributed by atoms with E-state index in [4.69, 9.17) is 14.2 Å². The minimum Gasteiger partial charge on any atom is -0.497 e. The number of anilines is 1. The van der Waals surface area contributed by atoms with Crippen molar-refractivity contribution in [3.63, 3.8) is 0 Å². The summed E-state index contributed by atoms with van der Waals surface area (Å²) in [5, 5.41) is 12.5. The molecule has 0 bridgehead atoms. The summed E-state index contributed by atoms with van der Waals surface area (Å²) in [7, 11) is 4.35. The Morgan fingerprint density at radius 2 is 1.79 bits per heavy atom. The maximum atomic E-state index is 12.5. The number of carbonyl (C=O) groups excluding carboxylic acids is 2. The average molecular weight is 450 g/mol. The normalized spacial score (nSPS) is 14.8. The molecule has 2 heterocycles. The van der Waals surface area contributed by atoms with Gasteiger partial charge in [-0.1, -0.05) is 12.1 Å². The number of carboxylic acids is 1. The molecule has 0 spiro atoms. The van der Waals surface area contributed by atoms with Crippen LogP contribution in [0.15, 0.2) is 48.7 Å². The van der Waals surface area contributed by atoms with Crippen LogP contribution >= 0.6 is 0 Å². The molecule has 1 aromatic heterocycles. The minimum absolute atomic E-state index is 0.0351. The number of carbonyl (C=O) groups is 3. The number of nitrogens with zero attached hydrogens (tertiary/aromatic N) is 1. The number of aromatic carboxylic acids is 1. The standard InChI is InChI=1S/C24H22N2O7/c1-31-15-8-9-18(19(10-15)32-2)26-12-17(23(28)29)21-22(26)16(11-20(27)25-21)13-4-6-14(7-5-13)24(30)33-3/h4-10,12,16H,11H2,1-3H3,(H,25,27)(H,28,29). The van der Waals surface area contributed by atoms with Gasteiger partial charge in [0.1, 0.15) is 17.1 Å². The Labute approximate surface area is 189 Å². The SMILES string of the molecule is COC(=O)c1ccc(C2CC(=O)Nc3c(C(=O)O)cn(-c4ccc(OC)cc4OC)c32)cc1. The number of amides is 1. The van der Waals surface area contributed by atoms with E-state index in [9.17, 15) is 19.5 Å². The van der Waals surface area contributed by atoms with E-state index in [-0.39, 0.29) is 23.6 Å². The van der Waals surface area contributed by atoms with Crippen molar-refractivity contribution in [3.8, 4) is 17.2 Å². The number of hydrogen-bond acceptors (Lipinski definition) is 6. The third-order valence-electron chi connectivity index (χ3n) is 5.64. The molecular weight excluding hydrogens is 428 g/mol. The molecule has 2 N–H and O–H groups in total. The molecule has 9 heteroatoms. The highest BCUT2D eigenvalue weighted by atomic mass is 16.5. The molecule has 0 aliphatic carbocycles. The van der Waals surface area contributed by atoms with Crippen LogP contribution in [-0.2, 0) is 9.53 Å². The molecule has 170 valence electrons. The van der Waals surface area contributed by atoms with Crippen molar-refractivity contribution < 1.29 is 33.7 Å². The van der Waals surface area contributed by atoms with Crippen molar-refractivity contribution in [1.82, 2.24) is 4.57 Å². The lowest BCUT2D eigenvalue weighted by atomic mass is 9.87. The first-order valence-electron chi connectivity index (χ1n) is 10.1. The number of hydrogen-bond donors (Lipinski definition) is 2. The largest absolute Gasteiger partial charge is 0.497 e. The highest BCUT2D eigenvalue weighted by Gasteiger charge is 2.35. The average Bonchev–Trinajstić information content (AvgIpc) is 3.22. The van der Waals surface area contributed by atoms with Gasteiger partial charge in [0, 0.05) is 24.6 Å². The number of ether oxygens (including phenoxy) is 3. The molecule has 9 nitrogen and oxygen atoms in total. The Morgan fingerprint density at radius 3 is 2.39 bits per heavy atom. The molecule has 3 aromatic rings. The van der Waals surface area contributed by atoms with Gasteiger partial charge in [0.15, 0.2) is 0 Å². The second kappa shape index (κ2) is 8.70. The van der Waals surface area contributed by atoms with Crippen molar-refractivity contribution in [2.24, 2.45) is 0 Å². The predicted octanol–water partition coefficient (Wildman–Crippen LogP) is 3.45. The minimum atomic E-state index is -1.17. The molecule has 1 unspecified atom stereocenters. The third-order valence-corrected chi connectivity index (χ3v) is 5.64. The van der Waals surface area contributed by atoms with Crippen molar-refractivity contribution in [3.05, 3.63) is 71.0 Å². The van der Waals surface area contributed by atoms with Crippen LogP contribution in [0.25, 0.3) is 5.69 Å². The lowest BCUT2D eigenvalue weighted by Crippen LogP contribution is -2.25. The Balaban J connectivity index is 1.92. The van der Waals surface area contributed by atoms with Gasteiger partial charge >= 0.3 is 11.9 Å². The van der Waals surface area contributed by atoms with Crippen molar-refractivity contribution >= 4 is 23.5 Å². The molecular formula is C24H22N2O7. The Kier molecular flexibility index (Phi) is 5.78. The second-order valence-electron chi connectivity index (χ2n) is 7.43. The lowest BCUT2D eigenvalue weighted by Gasteiger charge is -2.27. The first kappa shape index (κ1) is 21.9. The van der Waals surface area contributed by atoms with Crippen LogP contribution in [0.2, 0.25) is 0 Å². The van der Waals surface area contributed by atoms with Crippen LogP contribution in [0.4, 0.5) is 5.69 Å². The van der Waals surface area contributed by atoms with Crippen LogP contribution in [0.1, 0.15) is 44.3 Å². The van der Waals surface area contributed by atoms with Gasteiger partial charge in [-0.2, -0.15) is 0 Å². The fourth-order valence-electron chi connectivity index (χ4n) is 4.06. The molecule has 2 aromatic carbocycles. The van der Waals surface area contributed by atoms with E-state index in [2.05, 4.69) is 5.32 Å². The first-order valence-corrected chi connectivity index (χ1v) is 10.1. The van der Waals surface area contributed by atoms with E-state index in [1.54, 1.807) is 47.0 Å². The van der Waals surface area contributed by atoms with Crippen molar-refractivity contribution in [2.75, 3.05) is 26.6 Å². The van der Waals surface area contributed by atoms with Crippen LogP contribution < -0.4 is 14.8 Å². The summed E-state index contributed by atoms with van der Waals surface area (Å²) in [6.45, 7) is 0. The molecule has 0 saturated carbocycles. The number of fused-ring (bicyclic) bond motifs is 1. The number of rotatable bonds is 6. The summed E-state index contributed by atoms with van der Waals surface area (Å²) < 4.78 is 17.3. The summed E-state index contributed by atoms with van der Waals surface area (Å²) in [5.41, 5.74) is 2.52. The molecule has 0 fully saturated rings.